The van der Waals surface area contributed by atoms with Crippen LogP contribution in [-0.2, 0) is 6.54 Å². The lowest BCUT2D eigenvalue weighted by molar-refractivity contribution is 0.871. The number of hydrogen-bond donors (Lipinski definition) is 0. The van der Waals surface area contributed by atoms with Crippen molar-refractivity contribution in [3.05, 3.63) is 46.6 Å². The number of nitrogens with zero attached hydrogens (tertiary/aromatic N) is 4. The number of hydrogen-bond acceptors (Lipinski definition) is 4. The predicted octanol–water partition coefficient (Wildman–Crippen LogP) is 2.78. The predicted molar refractivity (Wildman–Crippen MR) is 72.9 cm³/mol. The molecule has 2 rings (SSSR count). The van der Waals surface area contributed by atoms with Gasteiger partial charge in [-0.25, -0.2) is 9.97 Å². The third-order valence-corrected chi connectivity index (χ3v) is 3.01. The number of rotatable bonds is 3. The molecule has 18 heavy (non-hydrogen) atoms. The van der Waals surface area contributed by atoms with Crippen molar-refractivity contribution in [2.75, 3.05) is 11.9 Å². The molecular formula is C13H15ClN4. The average Bonchev–Trinajstić information content (AvgIpc) is 2.35. The summed E-state index contributed by atoms with van der Waals surface area (Å²) in [6, 6.07) is 3.93. The van der Waals surface area contributed by atoms with E-state index in [0.29, 0.717) is 17.5 Å². The molecule has 0 radical (unpaired) electrons. The second-order valence-electron chi connectivity index (χ2n) is 4.23. The molecule has 0 atom stereocenters. The zero-order valence-corrected chi connectivity index (χ0v) is 11.4. The van der Waals surface area contributed by atoms with Crippen LogP contribution in [0.1, 0.15) is 17.0 Å². The van der Waals surface area contributed by atoms with Crippen LogP contribution in [0, 0.1) is 13.8 Å². The molecule has 5 heteroatoms. The van der Waals surface area contributed by atoms with Gasteiger partial charge in [0, 0.05) is 26.0 Å². The second kappa shape index (κ2) is 5.31. The Hall–Kier alpha value is -1.68. The van der Waals surface area contributed by atoms with Gasteiger partial charge in [-0.15, -0.1) is 0 Å². The van der Waals surface area contributed by atoms with Crippen molar-refractivity contribution >= 4 is 17.4 Å². The molecule has 0 amide bonds. The van der Waals surface area contributed by atoms with Crippen LogP contribution in [0.2, 0.25) is 5.15 Å². The Morgan fingerprint density at radius 3 is 2.61 bits per heavy atom. The van der Waals surface area contributed by atoms with Gasteiger partial charge in [-0.05, 0) is 25.5 Å². The first kappa shape index (κ1) is 12.8. The van der Waals surface area contributed by atoms with Gasteiger partial charge in [0.05, 0.1) is 11.4 Å². The summed E-state index contributed by atoms with van der Waals surface area (Å²) in [5.41, 5.74) is 2.86. The summed E-state index contributed by atoms with van der Waals surface area (Å²) in [6.45, 7) is 4.53. The Labute approximate surface area is 112 Å². The summed E-state index contributed by atoms with van der Waals surface area (Å²) in [7, 11) is 1.94. The molecular weight excluding hydrogens is 248 g/mol. The highest BCUT2D eigenvalue weighted by Crippen LogP contribution is 2.22. The van der Waals surface area contributed by atoms with Gasteiger partial charge in [0.25, 0.3) is 0 Å². The first-order chi connectivity index (χ1) is 8.58. The Bertz CT molecular complexity index is 542. The molecule has 0 saturated heterocycles. The summed E-state index contributed by atoms with van der Waals surface area (Å²) in [4.78, 5) is 14.8. The fraction of sp³-hybridized carbons (Fsp3) is 0.308. The van der Waals surface area contributed by atoms with Crippen molar-refractivity contribution in [3.8, 4) is 0 Å². The van der Waals surface area contributed by atoms with Crippen molar-refractivity contribution in [2.45, 2.75) is 20.4 Å². The molecule has 0 aliphatic carbocycles. The number of halogens is 1. The minimum absolute atomic E-state index is 0.435. The van der Waals surface area contributed by atoms with E-state index < -0.39 is 0 Å². The van der Waals surface area contributed by atoms with E-state index >= 15 is 0 Å². The maximum Gasteiger partial charge on any atom is 0.171 e. The molecule has 2 heterocycles. The summed E-state index contributed by atoms with van der Waals surface area (Å²) < 4.78 is 0. The van der Waals surface area contributed by atoms with Crippen LogP contribution in [-0.4, -0.2) is 22.0 Å². The summed E-state index contributed by atoms with van der Waals surface area (Å²) in [6.07, 6.45) is 3.59. The number of aromatic nitrogens is 3. The number of pyridine rings is 1. The van der Waals surface area contributed by atoms with E-state index in [4.69, 9.17) is 11.6 Å². The molecule has 0 bridgehead atoms. The largest absolute Gasteiger partial charge is 0.353 e. The SMILES string of the molecule is Cc1nc(Cl)c(N(C)Cc2cccnc2)nc1C. The Balaban J connectivity index is 2.24. The van der Waals surface area contributed by atoms with Crippen LogP contribution < -0.4 is 4.90 Å². The van der Waals surface area contributed by atoms with E-state index in [1.807, 2.05) is 44.1 Å². The zero-order chi connectivity index (χ0) is 13.1. The van der Waals surface area contributed by atoms with Crippen molar-refractivity contribution in [1.29, 1.82) is 0 Å². The minimum atomic E-state index is 0.435. The van der Waals surface area contributed by atoms with E-state index in [1.165, 1.54) is 0 Å². The van der Waals surface area contributed by atoms with Crippen LogP contribution in [0.25, 0.3) is 0 Å². The quantitative estimate of drug-likeness (QED) is 0.853. The van der Waals surface area contributed by atoms with Crippen molar-refractivity contribution in [1.82, 2.24) is 15.0 Å². The Morgan fingerprint density at radius 1 is 1.22 bits per heavy atom. The molecule has 94 valence electrons. The normalized spacial score (nSPS) is 10.4. The number of aryl methyl sites for hydroxylation is 2. The monoisotopic (exact) mass is 262 g/mol. The maximum absolute atomic E-state index is 6.13. The molecule has 0 N–H and O–H groups in total. The molecule has 0 unspecified atom stereocenters. The Morgan fingerprint density at radius 2 is 1.94 bits per heavy atom. The first-order valence-electron chi connectivity index (χ1n) is 5.68. The fourth-order valence-corrected chi connectivity index (χ4v) is 1.96. The van der Waals surface area contributed by atoms with Crippen LogP contribution in [0.3, 0.4) is 0 Å². The van der Waals surface area contributed by atoms with Crippen LogP contribution in [0.5, 0.6) is 0 Å². The third-order valence-electron chi connectivity index (χ3n) is 2.75. The zero-order valence-electron chi connectivity index (χ0n) is 10.7. The third kappa shape index (κ3) is 2.76. The summed E-state index contributed by atoms with van der Waals surface area (Å²) in [5.74, 6) is 0.698. The van der Waals surface area contributed by atoms with E-state index in [1.54, 1.807) is 6.20 Å². The van der Waals surface area contributed by atoms with Gasteiger partial charge in [0.15, 0.2) is 11.0 Å². The van der Waals surface area contributed by atoms with Gasteiger partial charge in [0.1, 0.15) is 0 Å². The molecule has 0 aliphatic rings. The lowest BCUT2D eigenvalue weighted by Gasteiger charge is -2.19. The maximum atomic E-state index is 6.13. The van der Waals surface area contributed by atoms with Gasteiger partial charge in [0.2, 0.25) is 0 Å². The summed E-state index contributed by atoms with van der Waals surface area (Å²) >= 11 is 6.13. The van der Waals surface area contributed by atoms with E-state index in [9.17, 15) is 0 Å². The molecule has 4 nitrogen and oxygen atoms in total. The van der Waals surface area contributed by atoms with Crippen LogP contribution in [0.4, 0.5) is 5.82 Å². The van der Waals surface area contributed by atoms with E-state index in [-0.39, 0.29) is 0 Å². The van der Waals surface area contributed by atoms with Crippen LogP contribution in [0.15, 0.2) is 24.5 Å². The second-order valence-corrected chi connectivity index (χ2v) is 4.58. The lowest BCUT2D eigenvalue weighted by atomic mass is 10.2. The fourth-order valence-electron chi connectivity index (χ4n) is 1.65. The Kier molecular flexibility index (Phi) is 3.77. The molecule has 0 aliphatic heterocycles. The van der Waals surface area contributed by atoms with Crippen LogP contribution >= 0.6 is 11.6 Å². The smallest absolute Gasteiger partial charge is 0.171 e. The van der Waals surface area contributed by atoms with Gasteiger partial charge in [-0.3, -0.25) is 4.98 Å². The molecule has 2 aromatic heterocycles. The van der Waals surface area contributed by atoms with Gasteiger partial charge >= 0.3 is 0 Å². The topological polar surface area (TPSA) is 41.9 Å². The highest BCUT2D eigenvalue weighted by atomic mass is 35.5. The highest BCUT2D eigenvalue weighted by Gasteiger charge is 2.11. The molecule has 0 aromatic carbocycles. The van der Waals surface area contributed by atoms with Gasteiger partial charge < -0.3 is 4.90 Å². The number of anilines is 1. The minimum Gasteiger partial charge on any atom is -0.353 e. The van der Waals surface area contributed by atoms with E-state index in [0.717, 1.165) is 17.0 Å². The lowest BCUT2D eigenvalue weighted by Crippen LogP contribution is -2.19. The van der Waals surface area contributed by atoms with Crippen molar-refractivity contribution in [2.24, 2.45) is 0 Å². The molecule has 0 fully saturated rings. The molecule has 0 spiro atoms. The van der Waals surface area contributed by atoms with Crippen molar-refractivity contribution in [3.63, 3.8) is 0 Å². The van der Waals surface area contributed by atoms with Crippen molar-refractivity contribution < 1.29 is 0 Å². The molecule has 2 aromatic rings. The average molecular weight is 263 g/mol. The summed E-state index contributed by atoms with van der Waals surface area (Å²) in [5, 5.41) is 0.435. The highest BCUT2D eigenvalue weighted by molar-refractivity contribution is 6.31. The van der Waals surface area contributed by atoms with E-state index in [2.05, 4.69) is 15.0 Å². The molecule has 0 saturated carbocycles. The standard InChI is InChI=1S/C13H15ClN4/c1-9-10(2)17-13(12(14)16-9)18(3)8-11-5-4-6-15-7-11/h4-7H,8H2,1-3H3. The van der Waals surface area contributed by atoms with Gasteiger partial charge in [-0.1, -0.05) is 17.7 Å². The van der Waals surface area contributed by atoms with Gasteiger partial charge in [-0.2, -0.15) is 0 Å². The first-order valence-corrected chi connectivity index (χ1v) is 6.06.